The molecule has 182 valence electrons. The molecule has 1 unspecified atom stereocenters. The third-order valence-electron chi connectivity index (χ3n) is 4.90. The molecule has 2 heterocycles. The summed E-state index contributed by atoms with van der Waals surface area (Å²) in [6, 6.07) is 6.12. The van der Waals surface area contributed by atoms with E-state index in [1.807, 2.05) is 13.8 Å². The van der Waals surface area contributed by atoms with Gasteiger partial charge in [0.1, 0.15) is 23.9 Å². The minimum atomic E-state index is -1.22. The van der Waals surface area contributed by atoms with E-state index >= 15 is 0 Å². The first-order valence-electron chi connectivity index (χ1n) is 10.6. The molecule has 0 spiro atoms. The van der Waals surface area contributed by atoms with Gasteiger partial charge in [-0.15, -0.1) is 0 Å². The fourth-order valence-electron chi connectivity index (χ4n) is 3.29. The summed E-state index contributed by atoms with van der Waals surface area (Å²) in [5, 5.41) is 13.9. The van der Waals surface area contributed by atoms with Crippen molar-refractivity contribution < 1.29 is 33.0 Å². The number of imidazole rings is 1. The van der Waals surface area contributed by atoms with E-state index in [4.69, 9.17) is 14.6 Å². The summed E-state index contributed by atoms with van der Waals surface area (Å²) in [7, 11) is 0. The highest BCUT2D eigenvalue weighted by Crippen LogP contribution is 2.24. The number of ether oxygens (including phenoxy) is 2. The van der Waals surface area contributed by atoms with Crippen LogP contribution in [0.25, 0.3) is 5.65 Å². The third-order valence-corrected chi connectivity index (χ3v) is 4.90. The molecule has 0 saturated heterocycles. The van der Waals surface area contributed by atoms with Crippen molar-refractivity contribution in [3.63, 3.8) is 0 Å². The summed E-state index contributed by atoms with van der Waals surface area (Å²) in [4.78, 5) is 28.4. The quantitative estimate of drug-likeness (QED) is 0.414. The first kappa shape index (κ1) is 24.9. The van der Waals surface area contributed by atoms with Crippen molar-refractivity contribution in [1.82, 2.24) is 20.0 Å². The van der Waals surface area contributed by atoms with Gasteiger partial charge >= 0.3 is 6.09 Å². The van der Waals surface area contributed by atoms with Crippen LogP contribution in [0.2, 0.25) is 0 Å². The van der Waals surface area contributed by atoms with Crippen LogP contribution in [0.4, 0.5) is 13.6 Å². The Morgan fingerprint density at radius 1 is 1.18 bits per heavy atom. The Balaban J connectivity index is 1.83. The Hall–Kier alpha value is -3.73. The lowest BCUT2D eigenvalue weighted by atomic mass is 10.2. The highest BCUT2D eigenvalue weighted by atomic mass is 19.1. The molecule has 2 aromatic heterocycles. The lowest BCUT2D eigenvalue weighted by Gasteiger charge is -2.20. The van der Waals surface area contributed by atoms with Crippen LogP contribution in [0, 0.1) is 18.6 Å². The zero-order chi connectivity index (χ0) is 24.8. The molecule has 0 saturated carbocycles. The number of hydrogen-bond acceptors (Lipinski definition) is 5. The van der Waals surface area contributed by atoms with Gasteiger partial charge < -0.3 is 25.2 Å². The molecule has 11 heteroatoms. The van der Waals surface area contributed by atoms with Gasteiger partial charge in [0.15, 0.2) is 11.4 Å². The van der Waals surface area contributed by atoms with Gasteiger partial charge in [0.2, 0.25) is 0 Å². The predicted molar refractivity (Wildman–Crippen MR) is 119 cm³/mol. The van der Waals surface area contributed by atoms with Crippen molar-refractivity contribution in [2.75, 3.05) is 13.2 Å². The molecular weight excluding hydrogens is 450 g/mol. The number of aromatic nitrogens is 2. The standard InChI is InChI=1S/C23H26F2N4O5/c1-13(2)33-11-15(10-26-23(31)32)28-22(30)20-14(3)27-21-19(8-5-9-29(20)21)34-12-16-17(24)6-4-7-18(16)25/h4-9,13,15,26H,10-12H2,1-3H3,(H,28,30)(H,31,32). The minimum absolute atomic E-state index is 0.0495. The maximum absolute atomic E-state index is 13.9. The van der Waals surface area contributed by atoms with Crippen molar-refractivity contribution in [3.8, 4) is 5.75 Å². The SMILES string of the molecule is Cc1nc2c(OCc3c(F)cccc3F)cccn2c1C(=O)NC(CNC(=O)O)COC(C)C. The maximum Gasteiger partial charge on any atom is 0.404 e. The number of carbonyl (C=O) groups is 2. The van der Waals surface area contributed by atoms with Gasteiger partial charge in [0.25, 0.3) is 5.91 Å². The molecule has 0 aliphatic heterocycles. The molecule has 0 fully saturated rings. The molecule has 1 atom stereocenters. The number of halogens is 2. The topological polar surface area (TPSA) is 114 Å². The average molecular weight is 476 g/mol. The Kier molecular flexibility index (Phi) is 8.00. The minimum Gasteiger partial charge on any atom is -0.485 e. The lowest BCUT2D eigenvalue weighted by Crippen LogP contribution is -2.46. The molecule has 0 radical (unpaired) electrons. The number of amides is 2. The molecule has 9 nitrogen and oxygen atoms in total. The molecule has 3 aromatic rings. The van der Waals surface area contributed by atoms with Crippen LogP contribution in [-0.2, 0) is 11.3 Å². The number of fused-ring (bicyclic) bond motifs is 1. The van der Waals surface area contributed by atoms with E-state index in [1.54, 1.807) is 25.3 Å². The number of pyridine rings is 1. The molecule has 3 N–H and O–H groups in total. The summed E-state index contributed by atoms with van der Waals surface area (Å²) < 4.78 is 40.6. The molecule has 0 bridgehead atoms. The summed E-state index contributed by atoms with van der Waals surface area (Å²) in [6.07, 6.45) is 0.277. The van der Waals surface area contributed by atoms with E-state index in [0.29, 0.717) is 11.3 Å². The van der Waals surface area contributed by atoms with Crippen LogP contribution in [-0.4, -0.2) is 51.8 Å². The largest absolute Gasteiger partial charge is 0.485 e. The zero-order valence-corrected chi connectivity index (χ0v) is 19.0. The van der Waals surface area contributed by atoms with Gasteiger partial charge in [-0.2, -0.15) is 0 Å². The second-order valence-electron chi connectivity index (χ2n) is 7.84. The van der Waals surface area contributed by atoms with Crippen molar-refractivity contribution in [2.45, 2.75) is 39.5 Å². The molecule has 3 rings (SSSR count). The lowest BCUT2D eigenvalue weighted by molar-refractivity contribution is 0.0568. The number of benzene rings is 1. The van der Waals surface area contributed by atoms with Gasteiger partial charge in [-0.1, -0.05) is 6.07 Å². The highest BCUT2D eigenvalue weighted by Gasteiger charge is 2.22. The third kappa shape index (κ3) is 5.98. The van der Waals surface area contributed by atoms with E-state index in [1.165, 1.54) is 10.5 Å². The van der Waals surface area contributed by atoms with Gasteiger partial charge in [-0.05, 0) is 45.0 Å². The summed E-state index contributed by atoms with van der Waals surface area (Å²) in [6.45, 7) is 4.98. The normalized spacial score (nSPS) is 12.1. The van der Waals surface area contributed by atoms with Crippen molar-refractivity contribution in [3.05, 3.63) is 65.1 Å². The molecule has 2 amide bonds. The van der Waals surface area contributed by atoms with Crippen molar-refractivity contribution in [2.24, 2.45) is 0 Å². The summed E-state index contributed by atoms with van der Waals surface area (Å²) in [5.41, 5.74) is 0.674. The number of nitrogens with one attached hydrogen (secondary N) is 2. The molecular formula is C23H26F2N4O5. The summed E-state index contributed by atoms with van der Waals surface area (Å²) >= 11 is 0. The van der Waals surface area contributed by atoms with Crippen LogP contribution < -0.4 is 15.4 Å². The van der Waals surface area contributed by atoms with Crippen LogP contribution in [0.15, 0.2) is 36.5 Å². The second kappa shape index (κ2) is 10.9. The Bertz CT molecular complexity index is 1160. The van der Waals surface area contributed by atoms with E-state index in [2.05, 4.69) is 15.6 Å². The monoisotopic (exact) mass is 476 g/mol. The predicted octanol–water partition coefficient (Wildman–Crippen LogP) is 3.29. The smallest absolute Gasteiger partial charge is 0.404 e. The van der Waals surface area contributed by atoms with Crippen LogP contribution in [0.1, 0.15) is 35.6 Å². The highest BCUT2D eigenvalue weighted by molar-refractivity contribution is 5.95. The molecule has 0 aliphatic rings. The van der Waals surface area contributed by atoms with E-state index in [0.717, 1.165) is 12.1 Å². The number of carboxylic acid groups (broad SMARTS) is 1. The van der Waals surface area contributed by atoms with Crippen LogP contribution >= 0.6 is 0 Å². The molecule has 34 heavy (non-hydrogen) atoms. The Morgan fingerprint density at radius 2 is 1.88 bits per heavy atom. The number of aryl methyl sites for hydroxylation is 1. The summed E-state index contributed by atoms with van der Waals surface area (Å²) in [5.74, 6) is -1.71. The van der Waals surface area contributed by atoms with Gasteiger partial charge in [-0.3, -0.25) is 9.20 Å². The van der Waals surface area contributed by atoms with Crippen molar-refractivity contribution in [1.29, 1.82) is 0 Å². The first-order valence-corrected chi connectivity index (χ1v) is 10.6. The van der Waals surface area contributed by atoms with Gasteiger partial charge in [-0.25, -0.2) is 18.6 Å². The maximum atomic E-state index is 13.9. The van der Waals surface area contributed by atoms with Gasteiger partial charge in [0, 0.05) is 12.7 Å². The van der Waals surface area contributed by atoms with Crippen molar-refractivity contribution >= 4 is 17.6 Å². The first-order chi connectivity index (χ1) is 16.2. The van der Waals surface area contributed by atoms with E-state index < -0.39 is 29.7 Å². The average Bonchev–Trinajstić information content (AvgIpc) is 3.11. The fraction of sp³-hybridized carbons (Fsp3) is 0.348. The van der Waals surface area contributed by atoms with E-state index in [9.17, 15) is 18.4 Å². The second-order valence-corrected chi connectivity index (χ2v) is 7.84. The Labute approximate surface area is 194 Å². The number of rotatable bonds is 10. The number of nitrogens with zero attached hydrogens (tertiary/aromatic N) is 2. The Morgan fingerprint density at radius 3 is 2.53 bits per heavy atom. The molecule has 1 aromatic carbocycles. The number of hydrogen-bond donors (Lipinski definition) is 3. The van der Waals surface area contributed by atoms with Gasteiger partial charge in [0.05, 0.1) is 30.0 Å². The fourth-order valence-corrected chi connectivity index (χ4v) is 3.29. The van der Waals surface area contributed by atoms with E-state index in [-0.39, 0.29) is 42.9 Å². The van der Waals surface area contributed by atoms with Crippen LogP contribution in [0.5, 0.6) is 5.75 Å². The zero-order valence-electron chi connectivity index (χ0n) is 19.0. The number of carbonyl (C=O) groups excluding carboxylic acids is 1. The van der Waals surface area contributed by atoms with Crippen LogP contribution in [0.3, 0.4) is 0 Å². The molecule has 0 aliphatic carbocycles.